The summed E-state index contributed by atoms with van der Waals surface area (Å²) in [4.78, 5) is 11.3. The number of anilines is 1. The highest BCUT2D eigenvalue weighted by Crippen LogP contribution is 2.23. The van der Waals surface area contributed by atoms with Crippen molar-refractivity contribution < 1.29 is 13.2 Å². The van der Waals surface area contributed by atoms with E-state index in [4.69, 9.17) is 4.74 Å². The number of ether oxygens (including phenoxy) is 1. The van der Waals surface area contributed by atoms with Gasteiger partial charge in [0.05, 0.1) is 23.6 Å². The predicted octanol–water partition coefficient (Wildman–Crippen LogP) is 1.80. The molecule has 0 saturated carbocycles. The molecular weight excluding hydrogens is 352 g/mol. The number of nitrogens with zero attached hydrogens (tertiary/aromatic N) is 3. The number of fused-ring (bicyclic) bond motifs is 1. The summed E-state index contributed by atoms with van der Waals surface area (Å²) in [7, 11) is -3.28. The van der Waals surface area contributed by atoms with Gasteiger partial charge >= 0.3 is 0 Å². The average molecular weight is 378 g/mol. The first-order chi connectivity index (χ1) is 12.4. The Bertz CT molecular complexity index is 864. The monoisotopic (exact) mass is 378 g/mol. The van der Waals surface area contributed by atoms with Gasteiger partial charge in [-0.15, -0.1) is 0 Å². The molecule has 1 aromatic carbocycles. The Balaban J connectivity index is 1.85. The number of hydrogen-bond donors (Lipinski definition) is 1. The van der Waals surface area contributed by atoms with Gasteiger partial charge in [-0.2, -0.15) is 0 Å². The lowest BCUT2D eigenvalue weighted by molar-refractivity contribution is 0.00954. The molecule has 0 spiro atoms. The van der Waals surface area contributed by atoms with Crippen molar-refractivity contribution >= 4 is 26.6 Å². The van der Waals surface area contributed by atoms with Crippen molar-refractivity contribution in [1.82, 2.24) is 14.9 Å². The Morgan fingerprint density at radius 2 is 1.96 bits per heavy atom. The molecule has 1 atom stereocenters. The molecule has 1 aliphatic rings. The quantitative estimate of drug-likeness (QED) is 0.820. The topological polar surface area (TPSA) is 84.4 Å². The van der Waals surface area contributed by atoms with Gasteiger partial charge in [-0.3, -0.25) is 4.90 Å². The Kier molecular flexibility index (Phi) is 5.74. The van der Waals surface area contributed by atoms with E-state index in [2.05, 4.69) is 34.0 Å². The van der Waals surface area contributed by atoms with Crippen LogP contribution in [0.15, 0.2) is 29.4 Å². The van der Waals surface area contributed by atoms with Crippen LogP contribution in [0.4, 0.5) is 5.82 Å². The molecule has 0 bridgehead atoms. The molecule has 7 nitrogen and oxygen atoms in total. The SMILES string of the molecule is CC(C)C(CNc1ncnc2ccc(S(C)(=O)=O)cc12)N1CCOCC1. The zero-order valence-corrected chi connectivity index (χ0v) is 16.3. The largest absolute Gasteiger partial charge is 0.379 e. The van der Waals surface area contributed by atoms with Crippen molar-refractivity contribution in [2.45, 2.75) is 24.8 Å². The lowest BCUT2D eigenvalue weighted by atomic mass is 10.0. The lowest BCUT2D eigenvalue weighted by Gasteiger charge is -2.37. The smallest absolute Gasteiger partial charge is 0.175 e. The molecule has 1 N–H and O–H groups in total. The lowest BCUT2D eigenvalue weighted by Crippen LogP contribution is -2.49. The molecule has 3 rings (SSSR count). The Morgan fingerprint density at radius 1 is 1.23 bits per heavy atom. The summed E-state index contributed by atoms with van der Waals surface area (Å²) in [6.45, 7) is 8.52. The third kappa shape index (κ3) is 4.31. The standard InChI is InChI=1S/C18H26N4O3S/c1-13(2)17(22-6-8-25-9-7-22)11-19-18-15-10-14(26(3,23)24)4-5-16(15)20-12-21-18/h4-5,10,12-13,17H,6-9,11H2,1-3H3,(H,19,20,21). The van der Waals surface area contributed by atoms with Gasteiger partial charge in [0, 0.05) is 37.3 Å². The summed E-state index contributed by atoms with van der Waals surface area (Å²) >= 11 is 0. The van der Waals surface area contributed by atoms with Gasteiger partial charge in [0.2, 0.25) is 0 Å². The number of morpholine rings is 1. The minimum absolute atomic E-state index is 0.274. The van der Waals surface area contributed by atoms with Crippen LogP contribution in [0.3, 0.4) is 0 Å². The van der Waals surface area contributed by atoms with Crippen LogP contribution in [0.2, 0.25) is 0 Å². The minimum atomic E-state index is -3.28. The minimum Gasteiger partial charge on any atom is -0.379 e. The third-order valence-electron chi connectivity index (χ3n) is 4.80. The van der Waals surface area contributed by atoms with E-state index in [1.54, 1.807) is 18.2 Å². The Hall–Kier alpha value is -1.77. The summed E-state index contributed by atoms with van der Waals surface area (Å²) < 4.78 is 29.2. The van der Waals surface area contributed by atoms with Gasteiger partial charge < -0.3 is 10.1 Å². The van der Waals surface area contributed by atoms with E-state index in [9.17, 15) is 8.42 Å². The molecule has 0 aliphatic carbocycles. The molecule has 2 heterocycles. The fourth-order valence-electron chi connectivity index (χ4n) is 3.30. The van der Waals surface area contributed by atoms with Crippen LogP contribution < -0.4 is 5.32 Å². The van der Waals surface area contributed by atoms with Crippen LogP contribution >= 0.6 is 0 Å². The van der Waals surface area contributed by atoms with E-state index in [1.807, 2.05) is 0 Å². The van der Waals surface area contributed by atoms with Crippen LogP contribution in [-0.4, -0.2) is 68.4 Å². The Labute approximate surface area is 154 Å². The van der Waals surface area contributed by atoms with Crippen LogP contribution in [0.25, 0.3) is 10.9 Å². The van der Waals surface area contributed by atoms with Crippen LogP contribution in [0, 0.1) is 5.92 Å². The highest BCUT2D eigenvalue weighted by atomic mass is 32.2. The van der Waals surface area contributed by atoms with E-state index >= 15 is 0 Å². The fraction of sp³-hybridized carbons (Fsp3) is 0.556. The molecule has 1 aromatic heterocycles. The first kappa shape index (κ1) is 19.0. The van der Waals surface area contributed by atoms with Gasteiger partial charge in [-0.25, -0.2) is 18.4 Å². The molecule has 1 saturated heterocycles. The van der Waals surface area contributed by atoms with Crippen molar-refractivity contribution in [2.24, 2.45) is 5.92 Å². The van der Waals surface area contributed by atoms with Crippen molar-refractivity contribution in [3.63, 3.8) is 0 Å². The summed E-state index contributed by atoms with van der Waals surface area (Å²) in [5.74, 6) is 1.14. The molecule has 8 heteroatoms. The predicted molar refractivity (Wildman–Crippen MR) is 102 cm³/mol. The normalized spacial score (nSPS) is 17.5. The molecule has 0 radical (unpaired) electrons. The molecule has 2 aromatic rings. The van der Waals surface area contributed by atoms with E-state index in [0.717, 1.165) is 43.8 Å². The van der Waals surface area contributed by atoms with Crippen molar-refractivity contribution in [3.05, 3.63) is 24.5 Å². The zero-order chi connectivity index (χ0) is 18.7. The van der Waals surface area contributed by atoms with E-state index in [0.29, 0.717) is 17.8 Å². The van der Waals surface area contributed by atoms with Gasteiger partial charge in [-0.05, 0) is 24.1 Å². The molecule has 26 heavy (non-hydrogen) atoms. The molecule has 1 unspecified atom stereocenters. The van der Waals surface area contributed by atoms with Gasteiger partial charge in [0.15, 0.2) is 9.84 Å². The second-order valence-electron chi connectivity index (χ2n) is 7.01. The summed E-state index contributed by atoms with van der Waals surface area (Å²) in [5.41, 5.74) is 0.724. The van der Waals surface area contributed by atoms with Crippen LogP contribution in [0.5, 0.6) is 0 Å². The first-order valence-electron chi connectivity index (χ1n) is 8.87. The first-order valence-corrected chi connectivity index (χ1v) is 10.8. The van der Waals surface area contributed by atoms with Gasteiger partial charge in [-0.1, -0.05) is 13.8 Å². The van der Waals surface area contributed by atoms with Crippen LogP contribution in [0.1, 0.15) is 13.8 Å². The van der Waals surface area contributed by atoms with E-state index < -0.39 is 9.84 Å². The Morgan fingerprint density at radius 3 is 2.62 bits per heavy atom. The number of rotatable bonds is 6. The molecular formula is C18H26N4O3S. The number of sulfone groups is 1. The highest BCUT2D eigenvalue weighted by Gasteiger charge is 2.24. The summed E-state index contributed by atoms with van der Waals surface area (Å²) in [6, 6.07) is 5.30. The zero-order valence-electron chi connectivity index (χ0n) is 15.5. The van der Waals surface area contributed by atoms with Crippen molar-refractivity contribution in [3.8, 4) is 0 Å². The highest BCUT2D eigenvalue weighted by molar-refractivity contribution is 7.90. The van der Waals surface area contributed by atoms with Crippen LogP contribution in [-0.2, 0) is 14.6 Å². The van der Waals surface area contributed by atoms with Crippen molar-refractivity contribution in [1.29, 1.82) is 0 Å². The number of hydrogen-bond acceptors (Lipinski definition) is 7. The van der Waals surface area contributed by atoms with Gasteiger partial charge in [0.1, 0.15) is 12.1 Å². The van der Waals surface area contributed by atoms with Crippen molar-refractivity contribution in [2.75, 3.05) is 44.4 Å². The summed E-state index contributed by atoms with van der Waals surface area (Å²) in [5, 5.41) is 4.14. The molecule has 1 fully saturated rings. The second kappa shape index (κ2) is 7.85. The number of benzene rings is 1. The van der Waals surface area contributed by atoms with E-state index in [1.165, 1.54) is 12.6 Å². The maximum atomic E-state index is 11.9. The number of aromatic nitrogens is 2. The average Bonchev–Trinajstić information content (AvgIpc) is 2.61. The molecule has 0 amide bonds. The third-order valence-corrected chi connectivity index (χ3v) is 5.91. The molecule has 1 aliphatic heterocycles. The molecule has 142 valence electrons. The maximum Gasteiger partial charge on any atom is 0.175 e. The maximum absolute atomic E-state index is 11.9. The van der Waals surface area contributed by atoms with Gasteiger partial charge in [0.25, 0.3) is 0 Å². The van der Waals surface area contributed by atoms with E-state index in [-0.39, 0.29) is 4.90 Å². The summed E-state index contributed by atoms with van der Waals surface area (Å²) in [6.07, 6.45) is 2.71. The second-order valence-corrected chi connectivity index (χ2v) is 9.03. The number of nitrogens with one attached hydrogen (secondary N) is 1. The fourth-order valence-corrected chi connectivity index (χ4v) is 3.95.